The minimum atomic E-state index is -0.262. The number of imide groups is 1. The lowest BCUT2D eigenvalue weighted by atomic mass is 10.1. The number of amides is 2. The smallest absolute Gasteiger partial charge is 0.266 e. The van der Waals surface area contributed by atoms with E-state index in [2.05, 4.69) is 6.58 Å². The lowest BCUT2D eigenvalue weighted by Crippen LogP contribution is -2.29. The molecule has 21 heavy (non-hydrogen) atoms. The fourth-order valence-electron chi connectivity index (χ4n) is 2.32. The van der Waals surface area contributed by atoms with Crippen LogP contribution in [-0.2, 0) is 0 Å². The largest absolute Gasteiger partial charge is 0.268 e. The average Bonchev–Trinajstić information content (AvgIpc) is 2.78. The summed E-state index contributed by atoms with van der Waals surface area (Å²) in [5.41, 5.74) is 1.56. The van der Waals surface area contributed by atoms with Gasteiger partial charge in [0, 0.05) is 10.6 Å². The fourth-order valence-corrected chi connectivity index (χ4v) is 3.10. The quantitative estimate of drug-likeness (QED) is 0.489. The number of anilines is 1. The van der Waals surface area contributed by atoms with Gasteiger partial charge >= 0.3 is 0 Å². The molecule has 0 spiro atoms. The Morgan fingerprint density at radius 1 is 0.952 bits per heavy atom. The first kappa shape index (κ1) is 13.6. The monoisotopic (exact) mass is 295 g/mol. The molecule has 1 aliphatic heterocycles. The molecule has 0 unspecified atom stereocenters. The predicted octanol–water partition coefficient (Wildman–Crippen LogP) is 3.77. The highest BCUT2D eigenvalue weighted by Crippen LogP contribution is 2.35. The number of nitrogens with zero attached hydrogens (tertiary/aromatic N) is 1. The third-order valence-electron chi connectivity index (χ3n) is 3.26. The normalized spacial score (nSPS) is 13.4. The Morgan fingerprint density at radius 2 is 1.52 bits per heavy atom. The third kappa shape index (κ3) is 2.28. The van der Waals surface area contributed by atoms with E-state index in [4.69, 9.17) is 0 Å². The molecule has 3 nitrogen and oxygen atoms in total. The predicted molar refractivity (Wildman–Crippen MR) is 84.9 cm³/mol. The minimum Gasteiger partial charge on any atom is -0.268 e. The van der Waals surface area contributed by atoms with Crippen LogP contribution < -0.4 is 4.90 Å². The number of para-hydroxylation sites is 1. The second-order valence-electron chi connectivity index (χ2n) is 4.56. The molecular formula is C17H13NO2S. The lowest BCUT2D eigenvalue weighted by Gasteiger charge is -2.17. The highest BCUT2D eigenvalue weighted by Gasteiger charge is 2.37. The average molecular weight is 295 g/mol. The topological polar surface area (TPSA) is 37.4 Å². The van der Waals surface area contributed by atoms with Gasteiger partial charge in [0.2, 0.25) is 0 Å². The van der Waals surface area contributed by atoms with Crippen molar-refractivity contribution in [1.82, 2.24) is 0 Å². The summed E-state index contributed by atoms with van der Waals surface area (Å²) in [5, 5.41) is 0. The molecular weight excluding hydrogens is 282 g/mol. The first-order chi connectivity index (χ1) is 10.2. The van der Waals surface area contributed by atoms with Gasteiger partial charge < -0.3 is 0 Å². The number of rotatable bonds is 4. The van der Waals surface area contributed by atoms with Crippen molar-refractivity contribution in [2.45, 2.75) is 4.90 Å². The van der Waals surface area contributed by atoms with E-state index in [9.17, 15) is 9.59 Å². The Balaban J connectivity index is 2.05. The van der Waals surface area contributed by atoms with Gasteiger partial charge in [0.25, 0.3) is 11.8 Å². The van der Waals surface area contributed by atoms with Crippen LogP contribution in [0.5, 0.6) is 0 Å². The maximum atomic E-state index is 12.5. The number of fused-ring (bicyclic) bond motifs is 1. The molecule has 0 saturated heterocycles. The van der Waals surface area contributed by atoms with Gasteiger partial charge in [0.05, 0.1) is 16.8 Å². The molecule has 104 valence electrons. The Labute approximate surface area is 127 Å². The van der Waals surface area contributed by atoms with Crippen LogP contribution >= 0.6 is 11.8 Å². The van der Waals surface area contributed by atoms with Crippen molar-refractivity contribution in [3.05, 3.63) is 72.3 Å². The number of hydrogen-bond acceptors (Lipinski definition) is 3. The van der Waals surface area contributed by atoms with Crippen LogP contribution in [0.4, 0.5) is 5.69 Å². The molecule has 3 rings (SSSR count). The zero-order chi connectivity index (χ0) is 14.8. The first-order valence-electron chi connectivity index (χ1n) is 6.54. The summed E-state index contributed by atoms with van der Waals surface area (Å²) in [6, 6.07) is 14.4. The van der Waals surface area contributed by atoms with E-state index < -0.39 is 0 Å². The van der Waals surface area contributed by atoms with Gasteiger partial charge in [0.1, 0.15) is 0 Å². The van der Waals surface area contributed by atoms with E-state index in [0.29, 0.717) is 16.8 Å². The maximum absolute atomic E-state index is 12.5. The molecule has 1 aliphatic rings. The van der Waals surface area contributed by atoms with Crippen molar-refractivity contribution in [2.75, 3.05) is 10.7 Å². The molecule has 2 amide bonds. The minimum absolute atomic E-state index is 0.262. The van der Waals surface area contributed by atoms with Crippen LogP contribution in [0.1, 0.15) is 20.7 Å². The van der Waals surface area contributed by atoms with Crippen molar-refractivity contribution < 1.29 is 9.59 Å². The molecule has 0 atom stereocenters. The molecule has 0 N–H and O–H groups in total. The van der Waals surface area contributed by atoms with Crippen LogP contribution in [0.15, 0.2) is 66.1 Å². The Hall–Kier alpha value is -2.33. The molecule has 0 fully saturated rings. The summed E-state index contributed by atoms with van der Waals surface area (Å²) in [6.45, 7) is 3.70. The van der Waals surface area contributed by atoms with Gasteiger partial charge in [-0.25, -0.2) is 4.90 Å². The van der Waals surface area contributed by atoms with Crippen molar-refractivity contribution in [3.8, 4) is 0 Å². The summed E-state index contributed by atoms with van der Waals surface area (Å²) < 4.78 is 0. The first-order valence-corrected chi connectivity index (χ1v) is 7.53. The third-order valence-corrected chi connectivity index (χ3v) is 4.32. The standard InChI is InChI=1S/C17H13NO2S/c1-2-11-21-15-10-6-5-9-14(15)18-16(19)12-7-3-4-8-13(12)17(18)20/h2-10H,1,11H2. The van der Waals surface area contributed by atoms with Crippen molar-refractivity contribution >= 4 is 29.3 Å². The molecule has 0 radical (unpaired) electrons. The van der Waals surface area contributed by atoms with Crippen LogP contribution in [0.3, 0.4) is 0 Å². The van der Waals surface area contributed by atoms with E-state index in [1.165, 1.54) is 4.90 Å². The summed E-state index contributed by atoms with van der Waals surface area (Å²) in [5.74, 6) is 0.199. The molecule has 0 aliphatic carbocycles. The number of carbonyl (C=O) groups is 2. The molecule has 0 saturated carbocycles. The zero-order valence-electron chi connectivity index (χ0n) is 11.3. The van der Waals surface area contributed by atoms with Gasteiger partial charge in [-0.1, -0.05) is 30.3 Å². The van der Waals surface area contributed by atoms with Crippen LogP contribution in [0.2, 0.25) is 0 Å². The van der Waals surface area contributed by atoms with E-state index in [0.717, 1.165) is 10.6 Å². The van der Waals surface area contributed by atoms with E-state index in [1.54, 1.807) is 48.2 Å². The second kappa shape index (κ2) is 5.58. The number of hydrogen-bond donors (Lipinski definition) is 0. The van der Waals surface area contributed by atoms with Gasteiger partial charge in [-0.2, -0.15) is 0 Å². The van der Waals surface area contributed by atoms with Gasteiger partial charge in [-0.15, -0.1) is 18.3 Å². The summed E-state index contributed by atoms with van der Waals surface area (Å²) >= 11 is 1.55. The molecule has 0 aromatic heterocycles. The Bertz CT molecular complexity index is 704. The van der Waals surface area contributed by atoms with Crippen LogP contribution in [0, 0.1) is 0 Å². The van der Waals surface area contributed by atoms with Gasteiger partial charge in [0.15, 0.2) is 0 Å². The summed E-state index contributed by atoms with van der Waals surface area (Å²) in [6.07, 6.45) is 1.80. The highest BCUT2D eigenvalue weighted by atomic mass is 32.2. The lowest BCUT2D eigenvalue weighted by molar-refractivity contribution is 0.0925. The van der Waals surface area contributed by atoms with E-state index >= 15 is 0 Å². The molecule has 1 heterocycles. The molecule has 4 heteroatoms. The second-order valence-corrected chi connectivity index (χ2v) is 5.62. The van der Waals surface area contributed by atoms with Gasteiger partial charge in [-0.3, -0.25) is 9.59 Å². The number of benzene rings is 2. The molecule has 2 aromatic carbocycles. The Kier molecular flexibility index (Phi) is 3.62. The van der Waals surface area contributed by atoms with Gasteiger partial charge in [-0.05, 0) is 24.3 Å². The fraction of sp³-hybridized carbons (Fsp3) is 0.0588. The number of carbonyl (C=O) groups excluding carboxylic acids is 2. The molecule has 0 bridgehead atoms. The summed E-state index contributed by atoms with van der Waals surface area (Å²) in [7, 11) is 0. The zero-order valence-corrected chi connectivity index (χ0v) is 12.1. The Morgan fingerprint density at radius 3 is 2.14 bits per heavy atom. The van der Waals surface area contributed by atoms with Crippen LogP contribution in [0.25, 0.3) is 0 Å². The van der Waals surface area contributed by atoms with Crippen molar-refractivity contribution in [3.63, 3.8) is 0 Å². The SMILES string of the molecule is C=CCSc1ccccc1N1C(=O)c2ccccc2C1=O. The van der Waals surface area contributed by atoms with Crippen molar-refractivity contribution in [2.24, 2.45) is 0 Å². The van der Waals surface area contributed by atoms with Crippen LogP contribution in [-0.4, -0.2) is 17.6 Å². The highest BCUT2D eigenvalue weighted by molar-refractivity contribution is 7.99. The summed E-state index contributed by atoms with van der Waals surface area (Å²) in [4.78, 5) is 27.2. The van der Waals surface area contributed by atoms with Crippen molar-refractivity contribution in [1.29, 1.82) is 0 Å². The maximum Gasteiger partial charge on any atom is 0.266 e. The van der Waals surface area contributed by atoms with E-state index in [1.807, 2.05) is 18.2 Å². The van der Waals surface area contributed by atoms with E-state index in [-0.39, 0.29) is 11.8 Å². The molecule has 2 aromatic rings. The number of thioether (sulfide) groups is 1.